The molecule has 2 aromatic rings. The number of amides is 1. The number of rotatable bonds is 2. The molecule has 2 aliphatic heterocycles. The van der Waals surface area contributed by atoms with Crippen LogP contribution in [-0.4, -0.2) is 57.8 Å². The number of nitrogens with zero attached hydrogens (tertiary/aromatic N) is 3. The fraction of sp³-hybridized carbons (Fsp3) is 0.444. The molecule has 0 unspecified atom stereocenters. The third kappa shape index (κ3) is 2.72. The van der Waals surface area contributed by atoms with Crippen molar-refractivity contribution in [2.75, 3.05) is 19.6 Å². The quantitative estimate of drug-likeness (QED) is 0.898. The predicted molar refractivity (Wildman–Crippen MR) is 87.5 cm³/mol. The summed E-state index contributed by atoms with van der Waals surface area (Å²) in [5.41, 5.74) is 3.00. The maximum atomic E-state index is 12.5. The second kappa shape index (κ2) is 6.03. The van der Waals surface area contributed by atoms with Crippen LogP contribution in [-0.2, 0) is 13.0 Å². The van der Waals surface area contributed by atoms with E-state index < -0.39 is 6.10 Å². The number of hydrogen-bond donors (Lipinski definition) is 1. The van der Waals surface area contributed by atoms with Gasteiger partial charge in [-0.25, -0.2) is 0 Å². The van der Waals surface area contributed by atoms with Crippen molar-refractivity contribution < 1.29 is 14.4 Å². The van der Waals surface area contributed by atoms with Crippen LogP contribution in [0.5, 0.6) is 0 Å². The molecule has 1 fully saturated rings. The lowest BCUT2D eigenvalue weighted by Crippen LogP contribution is -2.45. The van der Waals surface area contributed by atoms with Crippen molar-refractivity contribution in [1.29, 1.82) is 0 Å². The van der Waals surface area contributed by atoms with Gasteiger partial charge in [-0.15, -0.1) is 0 Å². The Hall–Kier alpha value is -2.18. The normalized spacial score (nSPS) is 24.2. The van der Waals surface area contributed by atoms with Crippen molar-refractivity contribution in [1.82, 2.24) is 15.0 Å². The van der Waals surface area contributed by atoms with Gasteiger partial charge >= 0.3 is 0 Å². The van der Waals surface area contributed by atoms with Crippen LogP contribution in [0, 0.1) is 6.92 Å². The smallest absolute Gasteiger partial charge is 0.276 e. The minimum Gasteiger partial charge on any atom is -0.390 e. The molecule has 4 rings (SSSR count). The van der Waals surface area contributed by atoms with E-state index in [4.69, 9.17) is 4.52 Å². The molecule has 2 atom stereocenters. The van der Waals surface area contributed by atoms with Crippen LogP contribution in [0.15, 0.2) is 34.9 Å². The highest BCUT2D eigenvalue weighted by Crippen LogP contribution is 2.25. The van der Waals surface area contributed by atoms with Crippen molar-refractivity contribution >= 4 is 5.91 Å². The number of β-amino-alcohol motifs (C(OH)–C–C–N with tert-alkyl or cyclic N) is 1. The lowest BCUT2D eigenvalue weighted by molar-refractivity contribution is 0.0732. The van der Waals surface area contributed by atoms with E-state index in [1.165, 1.54) is 11.1 Å². The fourth-order valence-electron chi connectivity index (χ4n) is 3.72. The molecule has 0 radical (unpaired) electrons. The Balaban J connectivity index is 1.47. The van der Waals surface area contributed by atoms with Gasteiger partial charge in [-0.2, -0.15) is 0 Å². The maximum Gasteiger partial charge on any atom is 0.276 e. The summed E-state index contributed by atoms with van der Waals surface area (Å²) in [4.78, 5) is 16.5. The Morgan fingerprint density at radius 1 is 1.29 bits per heavy atom. The van der Waals surface area contributed by atoms with Crippen LogP contribution in [0.2, 0.25) is 0 Å². The van der Waals surface area contributed by atoms with Crippen molar-refractivity contribution in [2.24, 2.45) is 0 Å². The average Bonchev–Trinajstić information content (AvgIpc) is 3.20. The lowest BCUT2D eigenvalue weighted by Gasteiger charge is -2.34. The van der Waals surface area contributed by atoms with Crippen molar-refractivity contribution in [2.45, 2.75) is 32.0 Å². The second-order valence-corrected chi connectivity index (χ2v) is 6.66. The molecule has 1 N–H and O–H groups in total. The average molecular weight is 327 g/mol. The van der Waals surface area contributed by atoms with Gasteiger partial charge < -0.3 is 14.5 Å². The first-order chi connectivity index (χ1) is 11.6. The largest absolute Gasteiger partial charge is 0.390 e. The number of aliphatic hydroxyl groups is 1. The summed E-state index contributed by atoms with van der Waals surface area (Å²) in [6, 6.07) is 10.0. The highest BCUT2D eigenvalue weighted by Gasteiger charge is 2.39. The summed E-state index contributed by atoms with van der Waals surface area (Å²) < 4.78 is 4.98. The predicted octanol–water partition coefficient (Wildman–Crippen LogP) is 1.23. The highest BCUT2D eigenvalue weighted by molar-refractivity contribution is 5.92. The fourth-order valence-corrected chi connectivity index (χ4v) is 3.72. The van der Waals surface area contributed by atoms with Crippen LogP contribution in [0.25, 0.3) is 0 Å². The van der Waals surface area contributed by atoms with E-state index in [2.05, 4.69) is 34.3 Å². The monoisotopic (exact) mass is 327 g/mol. The topological polar surface area (TPSA) is 69.8 Å². The Morgan fingerprint density at radius 3 is 2.83 bits per heavy atom. The first kappa shape index (κ1) is 15.4. The first-order valence-electron chi connectivity index (χ1n) is 8.33. The number of hydrogen-bond acceptors (Lipinski definition) is 5. The van der Waals surface area contributed by atoms with Gasteiger partial charge in [-0.3, -0.25) is 9.69 Å². The summed E-state index contributed by atoms with van der Waals surface area (Å²) in [6.07, 6.45) is 0.447. The van der Waals surface area contributed by atoms with Crippen LogP contribution in [0.3, 0.4) is 0 Å². The van der Waals surface area contributed by atoms with Gasteiger partial charge in [0.25, 0.3) is 5.91 Å². The summed E-state index contributed by atoms with van der Waals surface area (Å²) >= 11 is 0. The lowest BCUT2D eigenvalue weighted by atomic mass is 9.98. The number of carbonyl (C=O) groups is 1. The Kier molecular flexibility index (Phi) is 3.86. The summed E-state index contributed by atoms with van der Waals surface area (Å²) in [5, 5.41) is 14.3. The van der Waals surface area contributed by atoms with Gasteiger partial charge in [0.1, 0.15) is 5.76 Å². The van der Waals surface area contributed by atoms with E-state index in [0.717, 1.165) is 19.5 Å². The zero-order valence-corrected chi connectivity index (χ0v) is 13.7. The molecule has 6 nitrogen and oxygen atoms in total. The molecule has 126 valence electrons. The van der Waals surface area contributed by atoms with E-state index in [0.29, 0.717) is 24.5 Å². The van der Waals surface area contributed by atoms with Crippen LogP contribution in [0.1, 0.15) is 27.4 Å². The van der Waals surface area contributed by atoms with E-state index >= 15 is 0 Å². The van der Waals surface area contributed by atoms with Crippen LogP contribution in [0.4, 0.5) is 0 Å². The number of aromatic nitrogens is 1. The molecule has 3 heterocycles. The Morgan fingerprint density at radius 2 is 2.08 bits per heavy atom. The molecule has 2 aliphatic rings. The molecule has 1 amide bonds. The molecule has 0 bridgehead atoms. The van der Waals surface area contributed by atoms with E-state index in [1.807, 2.05) is 0 Å². The second-order valence-electron chi connectivity index (χ2n) is 6.66. The molecule has 24 heavy (non-hydrogen) atoms. The number of benzene rings is 1. The number of carbonyl (C=O) groups excluding carboxylic acids is 1. The summed E-state index contributed by atoms with van der Waals surface area (Å²) in [7, 11) is 0. The zero-order valence-electron chi connectivity index (χ0n) is 13.7. The van der Waals surface area contributed by atoms with Gasteiger partial charge in [-0.05, 0) is 24.5 Å². The van der Waals surface area contributed by atoms with Gasteiger partial charge in [0.15, 0.2) is 5.69 Å². The van der Waals surface area contributed by atoms with E-state index in [-0.39, 0.29) is 11.9 Å². The molecule has 6 heteroatoms. The zero-order chi connectivity index (χ0) is 16.7. The molecular formula is C18H21N3O3. The van der Waals surface area contributed by atoms with Crippen molar-refractivity contribution in [3.8, 4) is 0 Å². The minimum atomic E-state index is -0.535. The van der Waals surface area contributed by atoms with E-state index in [1.54, 1.807) is 17.9 Å². The molecule has 1 aromatic carbocycles. The van der Waals surface area contributed by atoms with E-state index in [9.17, 15) is 9.90 Å². The van der Waals surface area contributed by atoms with Gasteiger partial charge in [0, 0.05) is 32.2 Å². The van der Waals surface area contributed by atoms with Gasteiger partial charge in [-0.1, -0.05) is 29.4 Å². The molecule has 0 saturated carbocycles. The van der Waals surface area contributed by atoms with Gasteiger partial charge in [0.05, 0.1) is 12.1 Å². The number of aryl methyl sites for hydroxylation is 1. The van der Waals surface area contributed by atoms with Crippen LogP contribution < -0.4 is 0 Å². The number of fused-ring (bicyclic) bond motifs is 1. The molecule has 0 spiro atoms. The van der Waals surface area contributed by atoms with Crippen molar-refractivity contribution in [3.05, 3.63) is 52.9 Å². The Bertz CT molecular complexity index is 757. The number of likely N-dealkylation sites (tertiary alicyclic amines) is 1. The first-order valence-corrected chi connectivity index (χ1v) is 8.33. The van der Waals surface area contributed by atoms with Crippen LogP contribution >= 0.6 is 0 Å². The molecule has 1 saturated heterocycles. The Labute approximate surface area is 140 Å². The molecule has 0 aliphatic carbocycles. The molecular weight excluding hydrogens is 306 g/mol. The third-order valence-electron chi connectivity index (χ3n) is 5.02. The maximum absolute atomic E-state index is 12.5. The van der Waals surface area contributed by atoms with Crippen molar-refractivity contribution in [3.63, 3.8) is 0 Å². The highest BCUT2D eigenvalue weighted by atomic mass is 16.5. The third-order valence-corrected chi connectivity index (χ3v) is 5.02. The number of aliphatic hydroxyl groups excluding tert-OH is 1. The summed E-state index contributed by atoms with van der Waals surface area (Å²) in [5.74, 6) is 0.438. The standard InChI is InChI=1S/C18H21N3O3/c1-12-8-15(19-24-12)18(23)21-10-16(17(22)11-21)20-7-6-13-4-2-3-5-14(13)9-20/h2-5,8,16-17,22H,6-7,9-11H2,1H3/t16-,17-/m1/s1. The van der Waals surface area contributed by atoms with Gasteiger partial charge in [0.2, 0.25) is 0 Å². The SMILES string of the molecule is Cc1cc(C(=O)N2C[C@@H](O)[C@H](N3CCc4ccccc4C3)C2)no1. The summed E-state index contributed by atoms with van der Waals surface area (Å²) in [6.45, 7) is 4.35. The molecule has 1 aromatic heterocycles. The minimum absolute atomic E-state index is 0.0321.